The van der Waals surface area contributed by atoms with Gasteiger partial charge in [0.15, 0.2) is 0 Å². The number of nitrogens with zero attached hydrogens (tertiary/aromatic N) is 4. The van der Waals surface area contributed by atoms with Gasteiger partial charge in [-0.05, 0) is 38.0 Å². The molecule has 0 bridgehead atoms. The molecule has 1 aromatic heterocycles. The van der Waals surface area contributed by atoms with Crippen LogP contribution in [0.5, 0.6) is 6.01 Å². The lowest BCUT2D eigenvalue weighted by molar-refractivity contribution is 0.111. The van der Waals surface area contributed by atoms with Crippen molar-refractivity contribution in [2.24, 2.45) is 5.92 Å². The highest BCUT2D eigenvalue weighted by Gasteiger charge is 2.24. The number of ether oxygens (including phenoxy) is 1. The zero-order valence-corrected chi connectivity index (χ0v) is 12.8. The minimum absolute atomic E-state index is 0.219. The molecule has 1 saturated heterocycles. The van der Waals surface area contributed by atoms with Gasteiger partial charge in [0, 0.05) is 13.1 Å². The second-order valence-electron chi connectivity index (χ2n) is 6.15. The van der Waals surface area contributed by atoms with E-state index < -0.39 is 0 Å². The molecule has 0 spiro atoms. The maximum Gasteiger partial charge on any atom is 0.323 e. The Morgan fingerprint density at radius 1 is 1.14 bits per heavy atom. The fourth-order valence-corrected chi connectivity index (χ4v) is 3.34. The van der Waals surface area contributed by atoms with Crippen LogP contribution < -0.4 is 15.4 Å². The van der Waals surface area contributed by atoms with Crippen LogP contribution in [-0.2, 0) is 0 Å². The summed E-state index contributed by atoms with van der Waals surface area (Å²) in [5, 5.41) is 0. The van der Waals surface area contributed by atoms with Crippen molar-refractivity contribution in [3.05, 3.63) is 0 Å². The van der Waals surface area contributed by atoms with E-state index >= 15 is 0 Å². The van der Waals surface area contributed by atoms with Gasteiger partial charge in [0.25, 0.3) is 0 Å². The Morgan fingerprint density at radius 2 is 1.95 bits per heavy atom. The summed E-state index contributed by atoms with van der Waals surface area (Å²) in [6, 6.07) is 0.395. The van der Waals surface area contributed by atoms with E-state index in [9.17, 15) is 0 Å². The molecule has 0 amide bonds. The number of hydrogen-bond donors (Lipinski definition) is 1. The monoisotopic (exact) mass is 291 g/mol. The summed E-state index contributed by atoms with van der Waals surface area (Å²) in [7, 11) is 0. The van der Waals surface area contributed by atoms with Crippen molar-refractivity contribution >= 4 is 11.9 Å². The zero-order chi connectivity index (χ0) is 14.7. The van der Waals surface area contributed by atoms with Gasteiger partial charge in [0.05, 0.1) is 0 Å². The first-order chi connectivity index (χ1) is 10.2. The van der Waals surface area contributed by atoms with Crippen LogP contribution in [0.4, 0.5) is 11.9 Å². The van der Waals surface area contributed by atoms with Gasteiger partial charge < -0.3 is 15.4 Å². The lowest BCUT2D eigenvalue weighted by Gasteiger charge is -2.28. The van der Waals surface area contributed by atoms with Crippen LogP contribution >= 0.6 is 0 Å². The predicted octanol–water partition coefficient (Wildman–Crippen LogP) is 2.40. The van der Waals surface area contributed by atoms with E-state index in [4.69, 9.17) is 10.5 Å². The Bertz CT molecular complexity index is 475. The van der Waals surface area contributed by atoms with Crippen LogP contribution in [0, 0.1) is 5.92 Å². The molecule has 6 heteroatoms. The third-order valence-corrected chi connectivity index (χ3v) is 4.59. The van der Waals surface area contributed by atoms with E-state index in [1.54, 1.807) is 0 Å². The Morgan fingerprint density at radius 3 is 2.71 bits per heavy atom. The predicted molar refractivity (Wildman–Crippen MR) is 82.4 cm³/mol. The third-order valence-electron chi connectivity index (χ3n) is 4.59. The van der Waals surface area contributed by atoms with Gasteiger partial charge >= 0.3 is 6.01 Å². The zero-order valence-electron chi connectivity index (χ0n) is 12.8. The Balaban J connectivity index is 1.69. The van der Waals surface area contributed by atoms with Gasteiger partial charge in [0.2, 0.25) is 11.9 Å². The molecule has 3 rings (SSSR count). The van der Waals surface area contributed by atoms with Crippen molar-refractivity contribution in [2.75, 3.05) is 23.7 Å². The maximum atomic E-state index is 6.00. The van der Waals surface area contributed by atoms with E-state index in [-0.39, 0.29) is 12.1 Å². The smallest absolute Gasteiger partial charge is 0.323 e. The van der Waals surface area contributed by atoms with Crippen molar-refractivity contribution in [1.29, 1.82) is 0 Å². The molecule has 0 radical (unpaired) electrons. The molecule has 21 heavy (non-hydrogen) atoms. The van der Waals surface area contributed by atoms with Gasteiger partial charge in [-0.25, -0.2) is 0 Å². The van der Waals surface area contributed by atoms with Crippen molar-refractivity contribution < 1.29 is 4.74 Å². The molecule has 2 heterocycles. The summed E-state index contributed by atoms with van der Waals surface area (Å²) in [6.45, 7) is 4.23. The molecule has 0 aromatic carbocycles. The number of nitrogen functional groups attached to an aromatic ring is 1. The molecule has 1 aliphatic carbocycles. The average Bonchev–Trinajstić information content (AvgIpc) is 3.01. The molecule has 2 N–H and O–H groups in total. The van der Waals surface area contributed by atoms with Crippen LogP contribution in [0.1, 0.15) is 51.9 Å². The SMILES string of the molecule is CCC1CCCC(Oc2nc(N)nc(N3CCCC3)n2)C1. The van der Waals surface area contributed by atoms with Gasteiger partial charge in [-0.15, -0.1) is 0 Å². The number of rotatable bonds is 4. The minimum atomic E-state index is 0.219. The minimum Gasteiger partial charge on any atom is -0.460 e. The fraction of sp³-hybridized carbons (Fsp3) is 0.800. The molecule has 6 nitrogen and oxygen atoms in total. The maximum absolute atomic E-state index is 6.00. The molecule has 1 aromatic rings. The summed E-state index contributed by atoms with van der Waals surface area (Å²) < 4.78 is 6.00. The summed E-state index contributed by atoms with van der Waals surface area (Å²) in [5.74, 6) is 1.68. The highest BCUT2D eigenvalue weighted by atomic mass is 16.5. The molecular formula is C15H25N5O. The van der Waals surface area contributed by atoms with Crippen molar-refractivity contribution in [3.63, 3.8) is 0 Å². The first-order valence-electron chi connectivity index (χ1n) is 8.17. The normalized spacial score (nSPS) is 26.0. The van der Waals surface area contributed by atoms with E-state index in [1.165, 1.54) is 32.1 Å². The van der Waals surface area contributed by atoms with Crippen molar-refractivity contribution in [2.45, 2.75) is 58.0 Å². The number of hydrogen-bond acceptors (Lipinski definition) is 6. The lowest BCUT2D eigenvalue weighted by atomic mass is 9.86. The van der Waals surface area contributed by atoms with Crippen LogP contribution in [0.2, 0.25) is 0 Å². The van der Waals surface area contributed by atoms with Gasteiger partial charge in [-0.1, -0.05) is 19.8 Å². The largest absolute Gasteiger partial charge is 0.460 e. The van der Waals surface area contributed by atoms with E-state index in [2.05, 4.69) is 26.8 Å². The van der Waals surface area contributed by atoms with E-state index in [1.807, 2.05) is 0 Å². The fourth-order valence-electron chi connectivity index (χ4n) is 3.34. The molecule has 2 atom stereocenters. The summed E-state index contributed by atoms with van der Waals surface area (Å²) in [5.41, 5.74) is 5.82. The Kier molecular flexibility index (Phi) is 4.41. The van der Waals surface area contributed by atoms with Crippen LogP contribution in [0.15, 0.2) is 0 Å². The van der Waals surface area contributed by atoms with E-state index in [0.717, 1.165) is 31.8 Å². The van der Waals surface area contributed by atoms with Crippen LogP contribution in [0.3, 0.4) is 0 Å². The second-order valence-corrected chi connectivity index (χ2v) is 6.15. The second kappa shape index (κ2) is 6.45. The first kappa shape index (κ1) is 14.4. The van der Waals surface area contributed by atoms with Gasteiger partial charge in [0.1, 0.15) is 6.10 Å². The molecule has 2 unspecified atom stereocenters. The number of nitrogens with two attached hydrogens (primary N) is 1. The number of aromatic nitrogens is 3. The third kappa shape index (κ3) is 3.54. The standard InChI is InChI=1S/C15H25N5O/c1-2-11-6-5-7-12(10-11)21-15-18-13(16)17-14(19-15)20-8-3-4-9-20/h11-12H,2-10H2,1H3,(H2,16,17,18,19). The van der Waals surface area contributed by atoms with E-state index in [0.29, 0.717) is 12.0 Å². The molecular weight excluding hydrogens is 266 g/mol. The van der Waals surface area contributed by atoms with Gasteiger partial charge in [-0.3, -0.25) is 0 Å². The van der Waals surface area contributed by atoms with Crippen LogP contribution in [-0.4, -0.2) is 34.1 Å². The Labute approximate surface area is 126 Å². The first-order valence-corrected chi connectivity index (χ1v) is 8.17. The topological polar surface area (TPSA) is 77.2 Å². The highest BCUT2D eigenvalue weighted by molar-refractivity contribution is 5.36. The van der Waals surface area contributed by atoms with Crippen molar-refractivity contribution in [3.8, 4) is 6.01 Å². The molecule has 116 valence electrons. The quantitative estimate of drug-likeness (QED) is 0.918. The average molecular weight is 291 g/mol. The molecule has 1 aliphatic heterocycles. The molecule has 2 fully saturated rings. The summed E-state index contributed by atoms with van der Waals surface area (Å²) in [6.07, 6.45) is 8.53. The lowest BCUT2D eigenvalue weighted by Crippen LogP contribution is -2.27. The Hall–Kier alpha value is -1.59. The van der Waals surface area contributed by atoms with Gasteiger partial charge in [-0.2, -0.15) is 15.0 Å². The van der Waals surface area contributed by atoms with Crippen LogP contribution in [0.25, 0.3) is 0 Å². The summed E-state index contributed by atoms with van der Waals surface area (Å²) in [4.78, 5) is 15.0. The molecule has 1 saturated carbocycles. The van der Waals surface area contributed by atoms with Crippen molar-refractivity contribution in [1.82, 2.24) is 15.0 Å². The highest BCUT2D eigenvalue weighted by Crippen LogP contribution is 2.29. The molecule has 2 aliphatic rings. The number of anilines is 2. The summed E-state index contributed by atoms with van der Waals surface area (Å²) >= 11 is 0.